The first-order chi connectivity index (χ1) is 11.5. The van der Waals surface area contributed by atoms with Gasteiger partial charge in [0.2, 0.25) is 0 Å². The Bertz CT molecular complexity index is 892. The van der Waals surface area contributed by atoms with E-state index in [9.17, 15) is 26.4 Å². The van der Waals surface area contributed by atoms with Crippen LogP contribution in [0.1, 0.15) is 15.9 Å². The monoisotopic (exact) mass is 375 g/mol. The van der Waals surface area contributed by atoms with Crippen LogP contribution in [0.4, 0.5) is 18.9 Å². The molecule has 2 aromatic rings. The van der Waals surface area contributed by atoms with Gasteiger partial charge in [0.15, 0.2) is 0 Å². The Balaban J connectivity index is 2.27. The Labute approximate surface area is 140 Å². The summed E-state index contributed by atoms with van der Waals surface area (Å²) in [5.74, 6) is -1.79. The van der Waals surface area contributed by atoms with Crippen LogP contribution in [-0.2, 0) is 10.0 Å². The van der Waals surface area contributed by atoms with Gasteiger partial charge in [-0.25, -0.2) is 13.2 Å². The molecule has 2 N–H and O–H groups in total. The zero-order valence-electron chi connectivity index (χ0n) is 12.7. The predicted octanol–water partition coefficient (Wildman–Crippen LogP) is 3.39. The zero-order valence-corrected chi connectivity index (χ0v) is 13.5. The number of carbonyl (C=O) groups is 1. The maximum absolute atomic E-state index is 12.4. The second-order valence-electron chi connectivity index (χ2n) is 4.96. The lowest BCUT2D eigenvalue weighted by Crippen LogP contribution is -2.17. The maximum Gasteiger partial charge on any atom is 0.573 e. The molecule has 0 heterocycles. The van der Waals surface area contributed by atoms with Gasteiger partial charge < -0.3 is 9.84 Å². The second kappa shape index (κ2) is 6.63. The molecule has 0 spiro atoms. The van der Waals surface area contributed by atoms with Gasteiger partial charge in [-0.3, -0.25) is 4.72 Å². The number of carboxylic acid groups (broad SMARTS) is 1. The number of sulfonamides is 1. The Morgan fingerprint density at radius 2 is 1.72 bits per heavy atom. The minimum atomic E-state index is -4.85. The SMILES string of the molecule is Cc1ccc(C(=O)O)cc1S(=O)(=O)Nc1ccc(OC(F)(F)F)cc1. The van der Waals surface area contributed by atoms with Crippen LogP contribution < -0.4 is 9.46 Å². The van der Waals surface area contributed by atoms with Crippen molar-refractivity contribution in [1.82, 2.24) is 0 Å². The fourth-order valence-electron chi connectivity index (χ4n) is 1.96. The lowest BCUT2D eigenvalue weighted by molar-refractivity contribution is -0.274. The first-order valence-electron chi connectivity index (χ1n) is 6.70. The standard InChI is InChI=1S/C15H12F3NO5S/c1-9-2-3-10(14(20)21)8-13(9)25(22,23)19-11-4-6-12(7-5-11)24-15(16,17)18/h2-8,19H,1H3,(H,20,21). The highest BCUT2D eigenvalue weighted by molar-refractivity contribution is 7.92. The summed E-state index contributed by atoms with van der Waals surface area (Å²) >= 11 is 0. The van der Waals surface area contributed by atoms with Crippen molar-refractivity contribution in [3.63, 3.8) is 0 Å². The van der Waals surface area contributed by atoms with E-state index in [0.29, 0.717) is 5.56 Å². The molecule has 6 nitrogen and oxygen atoms in total. The van der Waals surface area contributed by atoms with Gasteiger partial charge in [0.25, 0.3) is 10.0 Å². The number of halogens is 3. The number of hydrogen-bond donors (Lipinski definition) is 2. The number of alkyl halides is 3. The first kappa shape index (κ1) is 18.6. The molecular weight excluding hydrogens is 363 g/mol. The predicted molar refractivity (Wildman–Crippen MR) is 82.1 cm³/mol. The number of benzene rings is 2. The van der Waals surface area contributed by atoms with E-state index in [1.165, 1.54) is 19.1 Å². The summed E-state index contributed by atoms with van der Waals surface area (Å²) in [6.07, 6.45) is -4.85. The van der Waals surface area contributed by atoms with E-state index in [1.54, 1.807) is 0 Å². The third-order valence-corrected chi connectivity index (χ3v) is 4.59. The van der Waals surface area contributed by atoms with E-state index in [-0.39, 0.29) is 16.1 Å². The molecule has 0 saturated carbocycles. The van der Waals surface area contributed by atoms with Gasteiger partial charge in [-0.05, 0) is 48.9 Å². The molecule has 0 aromatic heterocycles. The van der Waals surface area contributed by atoms with Crippen LogP contribution in [0.5, 0.6) is 5.75 Å². The van der Waals surface area contributed by atoms with Crippen molar-refractivity contribution >= 4 is 21.7 Å². The largest absolute Gasteiger partial charge is 0.573 e. The lowest BCUT2D eigenvalue weighted by Gasteiger charge is -2.12. The molecule has 0 aliphatic rings. The molecule has 134 valence electrons. The van der Waals surface area contributed by atoms with Crippen molar-refractivity contribution in [1.29, 1.82) is 0 Å². The number of rotatable bonds is 5. The van der Waals surface area contributed by atoms with Crippen LogP contribution >= 0.6 is 0 Å². The first-order valence-corrected chi connectivity index (χ1v) is 8.19. The topological polar surface area (TPSA) is 92.7 Å². The minimum Gasteiger partial charge on any atom is -0.478 e. The summed E-state index contributed by atoms with van der Waals surface area (Å²) in [4.78, 5) is 10.7. The summed E-state index contributed by atoms with van der Waals surface area (Å²) in [6.45, 7) is 1.49. The van der Waals surface area contributed by atoms with E-state index in [1.807, 2.05) is 0 Å². The molecular formula is C15H12F3NO5S. The van der Waals surface area contributed by atoms with Crippen LogP contribution in [0, 0.1) is 6.92 Å². The Kier molecular flexibility index (Phi) is 4.93. The van der Waals surface area contributed by atoms with Crippen LogP contribution in [0.2, 0.25) is 0 Å². The third kappa shape index (κ3) is 4.86. The number of anilines is 1. The fourth-order valence-corrected chi connectivity index (χ4v) is 3.29. The van der Waals surface area contributed by atoms with Gasteiger partial charge in [0.05, 0.1) is 10.5 Å². The van der Waals surface area contributed by atoms with E-state index in [2.05, 4.69) is 9.46 Å². The van der Waals surface area contributed by atoms with Crippen molar-refractivity contribution < 1.29 is 36.2 Å². The highest BCUT2D eigenvalue weighted by atomic mass is 32.2. The summed E-state index contributed by atoms with van der Waals surface area (Å²) in [6, 6.07) is 7.70. The molecule has 25 heavy (non-hydrogen) atoms. The number of carboxylic acids is 1. The van der Waals surface area contributed by atoms with Crippen LogP contribution in [0.15, 0.2) is 47.4 Å². The number of aryl methyl sites for hydroxylation is 1. The molecule has 0 unspecified atom stereocenters. The van der Waals surface area contributed by atoms with Crippen molar-refractivity contribution in [3.8, 4) is 5.75 Å². The van der Waals surface area contributed by atoms with Crippen LogP contribution in [-0.4, -0.2) is 25.9 Å². The Morgan fingerprint density at radius 3 is 2.24 bits per heavy atom. The maximum atomic E-state index is 12.4. The van der Waals surface area contributed by atoms with Crippen molar-refractivity contribution in [2.45, 2.75) is 18.2 Å². The van der Waals surface area contributed by atoms with E-state index < -0.39 is 28.1 Å². The molecule has 0 atom stereocenters. The number of ether oxygens (including phenoxy) is 1. The molecule has 0 aliphatic heterocycles. The summed E-state index contributed by atoms with van der Waals surface area (Å²) in [7, 11) is -4.12. The second-order valence-corrected chi connectivity index (χ2v) is 6.61. The van der Waals surface area contributed by atoms with Gasteiger partial charge in [0, 0.05) is 5.69 Å². The number of hydrogen-bond acceptors (Lipinski definition) is 4. The molecule has 2 rings (SSSR count). The normalized spacial score (nSPS) is 11.8. The Hall–Kier alpha value is -2.75. The molecule has 2 aromatic carbocycles. The molecule has 0 bridgehead atoms. The minimum absolute atomic E-state index is 0.00495. The van der Waals surface area contributed by atoms with Crippen LogP contribution in [0.3, 0.4) is 0 Å². The van der Waals surface area contributed by atoms with Crippen LogP contribution in [0.25, 0.3) is 0 Å². The van der Waals surface area contributed by atoms with Gasteiger partial charge in [-0.2, -0.15) is 0 Å². The summed E-state index contributed by atoms with van der Waals surface area (Å²) in [5.41, 5.74) is 0.101. The van der Waals surface area contributed by atoms with E-state index in [0.717, 1.165) is 30.3 Å². The fraction of sp³-hybridized carbons (Fsp3) is 0.133. The number of nitrogens with one attached hydrogen (secondary N) is 1. The average molecular weight is 375 g/mol. The van der Waals surface area contributed by atoms with Gasteiger partial charge >= 0.3 is 12.3 Å². The average Bonchev–Trinajstić information content (AvgIpc) is 2.47. The molecule has 0 radical (unpaired) electrons. The quantitative estimate of drug-likeness (QED) is 0.836. The lowest BCUT2D eigenvalue weighted by atomic mass is 10.1. The molecule has 0 aliphatic carbocycles. The highest BCUT2D eigenvalue weighted by Gasteiger charge is 2.31. The smallest absolute Gasteiger partial charge is 0.478 e. The van der Waals surface area contributed by atoms with Gasteiger partial charge in [0.1, 0.15) is 5.75 Å². The summed E-state index contributed by atoms with van der Waals surface area (Å²) in [5, 5.41) is 8.96. The highest BCUT2D eigenvalue weighted by Crippen LogP contribution is 2.26. The van der Waals surface area contributed by atoms with Gasteiger partial charge in [-0.15, -0.1) is 13.2 Å². The van der Waals surface area contributed by atoms with E-state index in [4.69, 9.17) is 5.11 Å². The third-order valence-electron chi connectivity index (χ3n) is 3.06. The molecule has 0 fully saturated rings. The molecule has 10 heteroatoms. The molecule has 0 saturated heterocycles. The van der Waals surface area contributed by atoms with Gasteiger partial charge in [-0.1, -0.05) is 6.07 Å². The summed E-state index contributed by atoms with van der Waals surface area (Å²) < 4.78 is 67.0. The van der Waals surface area contributed by atoms with E-state index >= 15 is 0 Å². The van der Waals surface area contributed by atoms with Crippen molar-refractivity contribution in [3.05, 3.63) is 53.6 Å². The molecule has 0 amide bonds. The zero-order chi connectivity index (χ0) is 18.8. The van der Waals surface area contributed by atoms with Crippen molar-refractivity contribution in [2.75, 3.05) is 4.72 Å². The number of aromatic carboxylic acids is 1. The van der Waals surface area contributed by atoms with Crippen molar-refractivity contribution in [2.24, 2.45) is 0 Å². The Morgan fingerprint density at radius 1 is 1.12 bits per heavy atom.